The Bertz CT molecular complexity index is 1120. The number of rotatable bonds is 10. The standard InChI is InChI=1S/C28H30ClF2N3O2.ClH/c29-23-5-11-27(12-6-23)36-20-28(35)34-16-15-33(18-22-3-9-25(31)10-4-22)19-26(34)13-14-32-17-21-1-7-24(30)8-2-21;/h1-12,26,32H,13-20H2;1H. The first-order valence-electron chi connectivity index (χ1n) is 12.1. The highest BCUT2D eigenvalue weighted by molar-refractivity contribution is 6.30. The van der Waals surface area contributed by atoms with Gasteiger partial charge < -0.3 is 15.0 Å². The van der Waals surface area contributed by atoms with Crippen molar-refractivity contribution in [3.05, 3.63) is 101 Å². The van der Waals surface area contributed by atoms with Crippen LogP contribution in [0.4, 0.5) is 8.78 Å². The molecule has 0 bridgehead atoms. The van der Waals surface area contributed by atoms with Crippen LogP contribution in [0.25, 0.3) is 0 Å². The third-order valence-corrected chi connectivity index (χ3v) is 6.53. The van der Waals surface area contributed by atoms with E-state index in [9.17, 15) is 13.6 Å². The predicted molar refractivity (Wildman–Crippen MR) is 144 cm³/mol. The molecule has 1 atom stereocenters. The summed E-state index contributed by atoms with van der Waals surface area (Å²) in [6, 6.07) is 19.9. The molecule has 1 aliphatic heterocycles. The Hall–Kier alpha value is -2.71. The van der Waals surface area contributed by atoms with Gasteiger partial charge in [0.25, 0.3) is 5.91 Å². The molecule has 1 fully saturated rings. The summed E-state index contributed by atoms with van der Waals surface area (Å²) in [5.74, 6) is 0.0345. The predicted octanol–water partition coefficient (Wildman–Crippen LogP) is 5.31. The first kappa shape index (κ1) is 28.9. The van der Waals surface area contributed by atoms with Gasteiger partial charge in [0.15, 0.2) is 6.61 Å². The number of ether oxygens (including phenoxy) is 1. The van der Waals surface area contributed by atoms with E-state index in [-0.39, 0.29) is 42.6 Å². The molecular weight excluding hydrogens is 519 g/mol. The minimum absolute atomic E-state index is 0. The van der Waals surface area contributed by atoms with E-state index < -0.39 is 0 Å². The van der Waals surface area contributed by atoms with Gasteiger partial charge in [-0.3, -0.25) is 9.69 Å². The van der Waals surface area contributed by atoms with E-state index in [2.05, 4.69) is 10.2 Å². The molecule has 0 radical (unpaired) electrons. The molecule has 5 nitrogen and oxygen atoms in total. The van der Waals surface area contributed by atoms with E-state index in [1.54, 1.807) is 48.5 Å². The van der Waals surface area contributed by atoms with E-state index in [1.165, 1.54) is 24.3 Å². The van der Waals surface area contributed by atoms with Gasteiger partial charge in [0.1, 0.15) is 17.4 Å². The average Bonchev–Trinajstić information content (AvgIpc) is 2.89. The van der Waals surface area contributed by atoms with Gasteiger partial charge in [-0.15, -0.1) is 12.4 Å². The highest BCUT2D eigenvalue weighted by atomic mass is 35.5. The molecule has 0 spiro atoms. The quantitative estimate of drug-likeness (QED) is 0.348. The highest BCUT2D eigenvalue weighted by Crippen LogP contribution is 2.19. The van der Waals surface area contributed by atoms with Crippen LogP contribution >= 0.6 is 24.0 Å². The Balaban J connectivity index is 0.00000380. The van der Waals surface area contributed by atoms with Crippen molar-refractivity contribution in [2.24, 2.45) is 0 Å². The number of nitrogens with one attached hydrogen (secondary N) is 1. The maximum atomic E-state index is 13.3. The number of amides is 1. The maximum Gasteiger partial charge on any atom is 0.260 e. The molecule has 0 saturated carbocycles. The van der Waals surface area contributed by atoms with Crippen LogP contribution in [0.2, 0.25) is 5.02 Å². The van der Waals surface area contributed by atoms with Crippen LogP contribution in [0.5, 0.6) is 5.75 Å². The second-order valence-corrected chi connectivity index (χ2v) is 9.37. The number of piperazine rings is 1. The summed E-state index contributed by atoms with van der Waals surface area (Å²) in [7, 11) is 0. The topological polar surface area (TPSA) is 44.8 Å². The van der Waals surface area contributed by atoms with Crippen molar-refractivity contribution in [1.82, 2.24) is 15.1 Å². The molecule has 1 saturated heterocycles. The van der Waals surface area contributed by atoms with E-state index in [4.69, 9.17) is 16.3 Å². The van der Waals surface area contributed by atoms with Gasteiger partial charge in [-0.05, 0) is 72.6 Å². The zero-order chi connectivity index (χ0) is 25.3. The average molecular weight is 550 g/mol. The zero-order valence-corrected chi connectivity index (χ0v) is 22.0. The molecule has 1 N–H and O–H groups in total. The van der Waals surface area contributed by atoms with Gasteiger partial charge >= 0.3 is 0 Å². The fraction of sp³-hybridized carbons (Fsp3) is 0.321. The lowest BCUT2D eigenvalue weighted by Gasteiger charge is -2.41. The van der Waals surface area contributed by atoms with Crippen molar-refractivity contribution in [3.8, 4) is 5.75 Å². The number of nitrogens with zero attached hydrogens (tertiary/aromatic N) is 2. The first-order valence-corrected chi connectivity index (χ1v) is 12.4. The van der Waals surface area contributed by atoms with E-state index in [0.29, 0.717) is 43.5 Å². The Kier molecular flexibility index (Phi) is 11.1. The largest absolute Gasteiger partial charge is 0.484 e. The summed E-state index contributed by atoms with van der Waals surface area (Å²) < 4.78 is 32.1. The molecule has 1 heterocycles. The van der Waals surface area contributed by atoms with E-state index in [0.717, 1.165) is 24.1 Å². The fourth-order valence-corrected chi connectivity index (χ4v) is 4.48. The van der Waals surface area contributed by atoms with Crippen molar-refractivity contribution in [2.75, 3.05) is 32.8 Å². The van der Waals surface area contributed by atoms with E-state index >= 15 is 0 Å². The number of benzene rings is 3. The van der Waals surface area contributed by atoms with Crippen LogP contribution in [0.1, 0.15) is 17.5 Å². The van der Waals surface area contributed by atoms with Gasteiger partial charge in [-0.2, -0.15) is 0 Å². The molecule has 1 unspecified atom stereocenters. The molecule has 1 amide bonds. The smallest absolute Gasteiger partial charge is 0.260 e. The highest BCUT2D eigenvalue weighted by Gasteiger charge is 2.30. The molecule has 1 aliphatic rings. The van der Waals surface area contributed by atoms with Crippen LogP contribution < -0.4 is 10.1 Å². The van der Waals surface area contributed by atoms with Gasteiger partial charge in [-0.1, -0.05) is 35.9 Å². The summed E-state index contributed by atoms with van der Waals surface area (Å²) in [4.78, 5) is 17.3. The third-order valence-electron chi connectivity index (χ3n) is 6.28. The van der Waals surface area contributed by atoms with Crippen LogP contribution in [0.15, 0.2) is 72.8 Å². The number of hydrogen-bond acceptors (Lipinski definition) is 4. The molecule has 3 aromatic rings. The van der Waals surface area contributed by atoms with Crippen molar-refractivity contribution >= 4 is 29.9 Å². The lowest BCUT2D eigenvalue weighted by molar-refractivity contribution is -0.138. The normalized spacial score (nSPS) is 15.8. The fourth-order valence-electron chi connectivity index (χ4n) is 4.35. The van der Waals surface area contributed by atoms with Crippen LogP contribution in [-0.2, 0) is 17.9 Å². The summed E-state index contributed by atoms with van der Waals surface area (Å²) >= 11 is 5.92. The Morgan fingerprint density at radius 3 is 2.19 bits per heavy atom. The molecule has 4 rings (SSSR count). The minimum Gasteiger partial charge on any atom is -0.484 e. The number of halogens is 4. The SMILES string of the molecule is Cl.O=C(COc1ccc(Cl)cc1)N1CCN(Cc2ccc(F)cc2)CC1CCNCc1ccc(F)cc1. The first-order chi connectivity index (χ1) is 17.5. The number of carbonyl (C=O) groups excluding carboxylic acids is 1. The van der Waals surface area contributed by atoms with Crippen molar-refractivity contribution < 1.29 is 18.3 Å². The second-order valence-electron chi connectivity index (χ2n) is 8.94. The van der Waals surface area contributed by atoms with Crippen LogP contribution in [0, 0.1) is 11.6 Å². The van der Waals surface area contributed by atoms with Crippen LogP contribution in [-0.4, -0.2) is 54.5 Å². The molecule has 0 aromatic heterocycles. The number of hydrogen-bond donors (Lipinski definition) is 1. The summed E-state index contributed by atoms with van der Waals surface area (Å²) in [5, 5.41) is 4.01. The lowest BCUT2D eigenvalue weighted by atomic mass is 10.1. The van der Waals surface area contributed by atoms with Crippen molar-refractivity contribution in [2.45, 2.75) is 25.6 Å². The lowest BCUT2D eigenvalue weighted by Crippen LogP contribution is -2.56. The second kappa shape index (κ2) is 14.3. The third kappa shape index (κ3) is 8.97. The maximum absolute atomic E-state index is 13.3. The van der Waals surface area contributed by atoms with Crippen molar-refractivity contribution in [3.63, 3.8) is 0 Å². The molecule has 198 valence electrons. The van der Waals surface area contributed by atoms with Gasteiger partial charge in [0.2, 0.25) is 0 Å². The summed E-state index contributed by atoms with van der Waals surface area (Å²) in [6.07, 6.45) is 0.758. The van der Waals surface area contributed by atoms with Gasteiger partial charge in [-0.25, -0.2) is 8.78 Å². The summed E-state index contributed by atoms with van der Waals surface area (Å²) in [6.45, 7) is 4.01. The Morgan fingerprint density at radius 1 is 0.919 bits per heavy atom. The number of carbonyl (C=O) groups is 1. The van der Waals surface area contributed by atoms with Gasteiger partial charge in [0, 0.05) is 43.8 Å². The zero-order valence-electron chi connectivity index (χ0n) is 20.4. The summed E-state index contributed by atoms with van der Waals surface area (Å²) in [5.41, 5.74) is 2.04. The van der Waals surface area contributed by atoms with Crippen LogP contribution in [0.3, 0.4) is 0 Å². The molecule has 37 heavy (non-hydrogen) atoms. The Labute approximate surface area is 227 Å². The van der Waals surface area contributed by atoms with E-state index in [1.807, 2.05) is 4.90 Å². The molecular formula is C28H31Cl2F2N3O2. The van der Waals surface area contributed by atoms with Crippen molar-refractivity contribution in [1.29, 1.82) is 0 Å². The molecule has 0 aliphatic carbocycles. The van der Waals surface area contributed by atoms with Gasteiger partial charge in [0.05, 0.1) is 0 Å². The molecule has 3 aromatic carbocycles. The molecule has 9 heteroatoms. The minimum atomic E-state index is -0.253. The Morgan fingerprint density at radius 2 is 1.54 bits per heavy atom. The monoisotopic (exact) mass is 549 g/mol.